The van der Waals surface area contributed by atoms with E-state index >= 15 is 0 Å². The highest BCUT2D eigenvalue weighted by Crippen LogP contribution is 2.39. The monoisotopic (exact) mass is 798 g/mol. The van der Waals surface area contributed by atoms with Gasteiger partial charge in [0.05, 0.1) is 22.8 Å². The maximum Gasteiger partial charge on any atom is 0.0737 e. The van der Waals surface area contributed by atoms with Crippen LogP contribution in [0.4, 0.5) is 0 Å². The minimum atomic E-state index is -0.757. The fourth-order valence-electron chi connectivity index (χ4n) is 8.61. The quantitative estimate of drug-likeness (QED) is 0.158. The third kappa shape index (κ3) is 6.93. The van der Waals surface area contributed by atoms with Gasteiger partial charge in [-0.25, -0.2) is 9.97 Å². The van der Waals surface area contributed by atoms with Gasteiger partial charge in [-0.2, -0.15) is 0 Å². The Kier molecular flexibility index (Phi) is 9.46. The van der Waals surface area contributed by atoms with Gasteiger partial charge >= 0.3 is 0 Å². The van der Waals surface area contributed by atoms with E-state index in [-0.39, 0.29) is 0 Å². The lowest BCUT2D eigenvalue weighted by atomic mass is 10.0. The summed E-state index contributed by atoms with van der Waals surface area (Å²) in [7, 11) is -0.757. The van der Waals surface area contributed by atoms with E-state index in [2.05, 4.69) is 234 Å². The van der Waals surface area contributed by atoms with Crippen LogP contribution in [0.2, 0.25) is 0 Å². The second-order valence-corrected chi connectivity index (χ2v) is 17.4. The van der Waals surface area contributed by atoms with Gasteiger partial charge in [0.2, 0.25) is 0 Å². The lowest BCUT2D eigenvalue weighted by Gasteiger charge is -2.19. The summed E-state index contributed by atoms with van der Waals surface area (Å²) in [5, 5.41) is 3.94. The molecular formula is C56H39N4P. The van der Waals surface area contributed by atoms with Gasteiger partial charge in [-0.15, -0.1) is 0 Å². The highest BCUT2D eigenvalue weighted by atomic mass is 31.1. The minimum Gasteiger partial charge on any atom is -0.354 e. The Morgan fingerprint density at radius 3 is 0.836 bits per heavy atom. The van der Waals surface area contributed by atoms with Gasteiger partial charge in [0, 0.05) is 44.3 Å². The van der Waals surface area contributed by atoms with Crippen molar-refractivity contribution in [1.82, 2.24) is 19.9 Å². The van der Waals surface area contributed by atoms with Gasteiger partial charge < -0.3 is 9.97 Å². The second-order valence-electron chi connectivity index (χ2n) is 15.2. The van der Waals surface area contributed by atoms with Crippen LogP contribution in [0, 0.1) is 0 Å². The fourth-order valence-corrected chi connectivity index (χ4v) is 10.9. The molecule has 0 fully saturated rings. The molecule has 0 aliphatic carbocycles. The van der Waals surface area contributed by atoms with E-state index in [0.717, 1.165) is 89.4 Å². The van der Waals surface area contributed by atoms with Crippen LogP contribution in [0.15, 0.2) is 200 Å². The van der Waals surface area contributed by atoms with Crippen molar-refractivity contribution < 1.29 is 0 Å². The Labute approximate surface area is 356 Å². The largest absolute Gasteiger partial charge is 0.354 e. The zero-order valence-electron chi connectivity index (χ0n) is 33.2. The van der Waals surface area contributed by atoms with Crippen LogP contribution in [-0.2, 0) is 0 Å². The molecule has 4 nitrogen and oxygen atoms in total. The van der Waals surface area contributed by atoms with Gasteiger partial charge in [-0.1, -0.05) is 176 Å². The number of rotatable bonds is 7. The van der Waals surface area contributed by atoms with Gasteiger partial charge in [0.25, 0.3) is 0 Å². The highest BCUT2D eigenvalue weighted by Gasteiger charge is 2.20. The van der Waals surface area contributed by atoms with Gasteiger partial charge in [-0.05, 0) is 94.7 Å². The number of hydrogen-bond donors (Lipinski definition) is 2. The first-order valence-corrected chi connectivity index (χ1v) is 21.9. The van der Waals surface area contributed by atoms with Crippen molar-refractivity contribution in [2.24, 2.45) is 0 Å². The predicted molar refractivity (Wildman–Crippen MR) is 259 cm³/mol. The average molecular weight is 799 g/mol. The van der Waals surface area contributed by atoms with Gasteiger partial charge in [0.15, 0.2) is 0 Å². The summed E-state index contributed by atoms with van der Waals surface area (Å²) in [6.07, 6.45) is 8.62. The fraction of sp³-hybridized carbons (Fsp3) is 0. The molecule has 3 aromatic heterocycles. The number of fused-ring (bicyclic) bond motifs is 8. The summed E-state index contributed by atoms with van der Waals surface area (Å²) >= 11 is 0. The SMILES string of the molecule is C1=Cc2nc1c(-c1ccccc1)c1ccc([nH]1)c(-c1ccccc1)c1nc(c(-c3ccc(P(c4ccccc4)c4ccccc4)cc3)c3ccc([nH]3)c2-c2ccccc2)C=C1. The van der Waals surface area contributed by atoms with Crippen LogP contribution in [0.5, 0.6) is 0 Å². The number of aromatic nitrogens is 4. The molecule has 0 atom stereocenters. The summed E-state index contributed by atoms with van der Waals surface area (Å²) in [5.74, 6) is 0. The number of aromatic amines is 2. The normalized spacial score (nSPS) is 12.0. The van der Waals surface area contributed by atoms with Crippen molar-refractivity contribution in [3.8, 4) is 44.5 Å². The lowest BCUT2D eigenvalue weighted by molar-refractivity contribution is 1.31. The molecule has 5 heteroatoms. The van der Waals surface area contributed by atoms with Crippen LogP contribution >= 0.6 is 7.92 Å². The number of H-pyrrole nitrogens is 2. The first-order valence-electron chi connectivity index (χ1n) is 20.6. The van der Waals surface area contributed by atoms with Crippen LogP contribution in [0.1, 0.15) is 22.8 Å². The van der Waals surface area contributed by atoms with E-state index in [1.54, 1.807) is 0 Å². The molecule has 0 unspecified atom stereocenters. The summed E-state index contributed by atoms with van der Waals surface area (Å²) in [6.45, 7) is 0. The first kappa shape index (κ1) is 36.4. The minimum absolute atomic E-state index is 0.757. The summed E-state index contributed by atoms with van der Waals surface area (Å²) in [6, 6.07) is 71.3. The average Bonchev–Trinajstić information content (AvgIpc) is 4.18. The van der Waals surface area contributed by atoms with Crippen LogP contribution in [-0.4, -0.2) is 19.9 Å². The number of benzene rings is 6. The molecule has 2 aliphatic heterocycles. The molecule has 0 amide bonds. The Morgan fingerprint density at radius 2 is 0.525 bits per heavy atom. The number of hydrogen-bond acceptors (Lipinski definition) is 2. The standard InChI is InChI=1S/C56H39N4P/c1-6-16-38(17-7-1)53-45-30-32-47(57-45)54(39-18-8-2-9-19-39)49-34-36-51(59-49)56(52-37-35-50(60-52)55(40-20-10-3-11-21-40)48-33-31-46(53)58-48)41-26-28-44(29-27-41)61(42-22-12-4-13-23-42)43-24-14-5-15-25-43/h1-37,57,60H. The molecular weight excluding hydrogens is 760 g/mol. The molecule has 2 aliphatic rings. The van der Waals surface area contributed by atoms with Gasteiger partial charge in [0.1, 0.15) is 0 Å². The third-order valence-corrected chi connectivity index (χ3v) is 13.8. The smallest absolute Gasteiger partial charge is 0.0737 e. The maximum atomic E-state index is 5.51. The van der Waals surface area contributed by atoms with Crippen LogP contribution in [0.3, 0.4) is 0 Å². The van der Waals surface area contributed by atoms with Crippen molar-refractivity contribution >= 4 is 70.2 Å². The summed E-state index contributed by atoms with van der Waals surface area (Å²) < 4.78 is 0. The van der Waals surface area contributed by atoms with Crippen LogP contribution in [0.25, 0.3) is 90.9 Å². The van der Waals surface area contributed by atoms with E-state index in [1.807, 2.05) is 0 Å². The van der Waals surface area contributed by atoms with Crippen molar-refractivity contribution in [1.29, 1.82) is 0 Å². The van der Waals surface area contributed by atoms with E-state index in [1.165, 1.54) is 15.9 Å². The molecule has 0 saturated carbocycles. The molecule has 61 heavy (non-hydrogen) atoms. The summed E-state index contributed by atoms with van der Waals surface area (Å²) in [5.41, 5.74) is 16.0. The molecule has 6 aromatic carbocycles. The Hall–Kier alpha value is -7.65. The molecule has 0 saturated heterocycles. The molecule has 2 N–H and O–H groups in total. The predicted octanol–water partition coefficient (Wildman–Crippen LogP) is 13.1. The van der Waals surface area contributed by atoms with Crippen molar-refractivity contribution in [2.45, 2.75) is 0 Å². The van der Waals surface area contributed by atoms with Crippen molar-refractivity contribution in [2.75, 3.05) is 0 Å². The first-order chi connectivity index (χ1) is 30.2. The molecule has 0 spiro atoms. The van der Waals surface area contributed by atoms with E-state index < -0.39 is 7.92 Å². The summed E-state index contributed by atoms with van der Waals surface area (Å²) in [4.78, 5) is 18.7. The number of nitrogens with one attached hydrogen (secondary N) is 2. The third-order valence-electron chi connectivity index (χ3n) is 11.4. The lowest BCUT2D eigenvalue weighted by Crippen LogP contribution is -2.20. The van der Waals surface area contributed by atoms with Crippen LogP contribution < -0.4 is 15.9 Å². The van der Waals surface area contributed by atoms with E-state index in [0.29, 0.717) is 0 Å². The van der Waals surface area contributed by atoms with E-state index in [4.69, 9.17) is 9.97 Å². The molecule has 8 bridgehead atoms. The number of nitrogens with zero attached hydrogens (tertiary/aromatic N) is 2. The Bertz CT molecular complexity index is 3180. The molecule has 0 radical (unpaired) electrons. The maximum absolute atomic E-state index is 5.51. The topological polar surface area (TPSA) is 57.4 Å². The Morgan fingerprint density at radius 1 is 0.262 bits per heavy atom. The molecule has 5 heterocycles. The second kappa shape index (κ2) is 15.8. The highest BCUT2D eigenvalue weighted by molar-refractivity contribution is 7.79. The Balaban J connectivity index is 1.21. The zero-order valence-corrected chi connectivity index (χ0v) is 34.1. The molecule has 9 aromatic rings. The molecule has 11 rings (SSSR count). The van der Waals surface area contributed by atoms with Crippen molar-refractivity contribution in [3.63, 3.8) is 0 Å². The van der Waals surface area contributed by atoms with E-state index in [9.17, 15) is 0 Å². The van der Waals surface area contributed by atoms with Gasteiger partial charge in [-0.3, -0.25) is 0 Å². The molecule has 288 valence electrons. The van der Waals surface area contributed by atoms with Crippen molar-refractivity contribution in [3.05, 3.63) is 223 Å². The zero-order chi connectivity index (χ0) is 40.5.